The normalized spacial score (nSPS) is 20.8. The average molecular weight is 437 g/mol. The molecule has 0 heterocycles. The van der Waals surface area contributed by atoms with Gasteiger partial charge in [0.25, 0.3) is 0 Å². The van der Waals surface area contributed by atoms with Crippen LogP contribution < -0.4 is 0 Å². The first-order valence-electron chi connectivity index (χ1n) is 14.2. The fraction of sp³-hybridized carbons (Fsp3) is 1.00. The zero-order chi connectivity index (χ0) is 22.6. The van der Waals surface area contributed by atoms with E-state index in [1.807, 2.05) is 6.92 Å². The van der Waals surface area contributed by atoms with Gasteiger partial charge in [0.1, 0.15) is 0 Å². The van der Waals surface area contributed by atoms with Gasteiger partial charge in [0.15, 0.2) is 5.72 Å². The second-order valence-corrected chi connectivity index (χ2v) is 10.6. The molecule has 2 unspecified atom stereocenters. The van der Waals surface area contributed by atoms with E-state index in [9.17, 15) is 5.11 Å². The summed E-state index contributed by atoms with van der Waals surface area (Å²) in [6, 6.07) is 0.238. The Kier molecular flexibility index (Phi) is 17.6. The first-order chi connectivity index (χ1) is 15.0. The molecule has 0 spiro atoms. The third-order valence-electron chi connectivity index (χ3n) is 7.29. The number of nitrogens with zero attached hydrogens (tertiary/aromatic N) is 2. The maximum atomic E-state index is 10.7. The molecule has 1 aliphatic carbocycles. The van der Waals surface area contributed by atoms with Crippen LogP contribution in [0, 0.1) is 5.92 Å². The predicted molar refractivity (Wildman–Crippen MR) is 136 cm³/mol. The summed E-state index contributed by atoms with van der Waals surface area (Å²) in [6.45, 7) is 6.34. The first-order valence-corrected chi connectivity index (χ1v) is 14.2. The summed E-state index contributed by atoms with van der Waals surface area (Å²) in [7, 11) is 0. The number of aliphatic hydroxyl groups is 1. The van der Waals surface area contributed by atoms with Crippen LogP contribution in [-0.4, -0.2) is 16.9 Å². The molecule has 0 amide bonds. The third kappa shape index (κ3) is 16.8. The van der Waals surface area contributed by atoms with Gasteiger partial charge < -0.3 is 5.11 Å². The number of azo groups is 1. The summed E-state index contributed by atoms with van der Waals surface area (Å²) in [4.78, 5) is 0. The molecule has 0 aromatic rings. The zero-order valence-electron chi connectivity index (χ0n) is 21.6. The van der Waals surface area contributed by atoms with Crippen LogP contribution in [0.1, 0.15) is 162 Å². The Morgan fingerprint density at radius 1 is 0.710 bits per heavy atom. The van der Waals surface area contributed by atoms with Crippen LogP contribution in [0.4, 0.5) is 0 Å². The molecule has 0 aromatic heterocycles. The monoisotopic (exact) mass is 436 g/mol. The van der Waals surface area contributed by atoms with Crippen LogP contribution in [0.3, 0.4) is 0 Å². The predicted octanol–water partition coefficient (Wildman–Crippen LogP) is 9.77. The first kappa shape index (κ1) is 28.6. The molecule has 1 saturated carbocycles. The molecule has 3 nitrogen and oxygen atoms in total. The van der Waals surface area contributed by atoms with Crippen molar-refractivity contribution in [2.24, 2.45) is 16.1 Å². The molecule has 1 fully saturated rings. The van der Waals surface area contributed by atoms with Gasteiger partial charge in [-0.3, -0.25) is 0 Å². The number of rotatable bonds is 14. The van der Waals surface area contributed by atoms with E-state index in [1.165, 1.54) is 128 Å². The zero-order valence-corrected chi connectivity index (χ0v) is 21.6. The summed E-state index contributed by atoms with van der Waals surface area (Å²) in [5.74, 6) is 0.635. The van der Waals surface area contributed by atoms with Gasteiger partial charge in [0.05, 0.1) is 6.04 Å². The number of unbranched alkanes of at least 4 members (excludes halogenated alkanes) is 9. The highest BCUT2D eigenvalue weighted by atomic mass is 16.3. The van der Waals surface area contributed by atoms with E-state index in [4.69, 9.17) is 0 Å². The Labute approximate surface area is 195 Å². The minimum absolute atomic E-state index is 0.238. The minimum atomic E-state index is -0.986. The Morgan fingerprint density at radius 3 is 1.61 bits per heavy atom. The maximum absolute atomic E-state index is 10.7. The van der Waals surface area contributed by atoms with Gasteiger partial charge in [-0.1, -0.05) is 122 Å². The lowest BCUT2D eigenvalue weighted by molar-refractivity contribution is 0.0472. The van der Waals surface area contributed by atoms with Crippen molar-refractivity contribution < 1.29 is 5.11 Å². The van der Waals surface area contributed by atoms with Crippen LogP contribution >= 0.6 is 0 Å². The highest BCUT2D eigenvalue weighted by Gasteiger charge is 2.21. The van der Waals surface area contributed by atoms with Crippen LogP contribution in [-0.2, 0) is 0 Å². The summed E-state index contributed by atoms with van der Waals surface area (Å²) in [5, 5.41) is 19.7. The largest absolute Gasteiger partial charge is 0.368 e. The Morgan fingerprint density at radius 2 is 1.13 bits per heavy atom. The van der Waals surface area contributed by atoms with E-state index in [-0.39, 0.29) is 6.04 Å². The van der Waals surface area contributed by atoms with Crippen LogP contribution in [0.2, 0.25) is 0 Å². The molecule has 0 saturated heterocycles. The molecule has 0 bridgehead atoms. The second kappa shape index (κ2) is 19.1. The van der Waals surface area contributed by atoms with Crippen molar-refractivity contribution in [3.63, 3.8) is 0 Å². The summed E-state index contributed by atoms with van der Waals surface area (Å²) >= 11 is 0. The Bertz CT molecular complexity index is 409. The maximum Gasteiger partial charge on any atom is 0.173 e. The van der Waals surface area contributed by atoms with Crippen molar-refractivity contribution in [2.45, 2.75) is 174 Å². The highest BCUT2D eigenvalue weighted by Crippen LogP contribution is 2.26. The van der Waals surface area contributed by atoms with E-state index in [0.717, 1.165) is 12.8 Å². The molecule has 1 N–H and O–H groups in total. The molecule has 0 aliphatic heterocycles. The highest BCUT2D eigenvalue weighted by molar-refractivity contribution is 4.74. The van der Waals surface area contributed by atoms with Crippen molar-refractivity contribution in [1.29, 1.82) is 0 Å². The molecule has 1 aliphatic rings. The number of hydrogen-bond acceptors (Lipinski definition) is 3. The van der Waals surface area contributed by atoms with Crippen LogP contribution in [0.5, 0.6) is 0 Å². The van der Waals surface area contributed by atoms with Gasteiger partial charge in [0, 0.05) is 0 Å². The van der Waals surface area contributed by atoms with Crippen molar-refractivity contribution in [1.82, 2.24) is 0 Å². The van der Waals surface area contributed by atoms with E-state index < -0.39 is 5.72 Å². The van der Waals surface area contributed by atoms with Crippen molar-refractivity contribution in [3.8, 4) is 0 Å². The Balaban J connectivity index is 2.23. The Hall–Kier alpha value is -0.440. The fourth-order valence-electron chi connectivity index (χ4n) is 4.98. The molecule has 0 radical (unpaired) electrons. The van der Waals surface area contributed by atoms with Gasteiger partial charge in [-0.15, -0.1) is 0 Å². The molecule has 31 heavy (non-hydrogen) atoms. The van der Waals surface area contributed by atoms with Crippen molar-refractivity contribution in [2.75, 3.05) is 0 Å². The molecule has 1 rings (SSSR count). The average Bonchev–Trinajstić information content (AvgIpc) is 2.74. The van der Waals surface area contributed by atoms with E-state index >= 15 is 0 Å². The second-order valence-electron chi connectivity index (χ2n) is 10.6. The molecule has 184 valence electrons. The lowest BCUT2D eigenvalue weighted by Crippen LogP contribution is -2.22. The summed E-state index contributed by atoms with van der Waals surface area (Å²) in [6.07, 6.45) is 29.0. The lowest BCUT2D eigenvalue weighted by atomic mass is 9.88. The smallest absolute Gasteiger partial charge is 0.173 e. The standard InChI is InChI=1S/C28H56N2O/c1-4-5-6-7-8-9-13-16-19-22-25-28(3,31)30-29-26(2)27-23-20-17-14-11-10-12-15-18-21-24-27/h26-27,31H,4-25H2,1-3H3/b30-29+. The van der Waals surface area contributed by atoms with Crippen LogP contribution in [0.15, 0.2) is 10.2 Å². The lowest BCUT2D eigenvalue weighted by Gasteiger charge is -2.23. The van der Waals surface area contributed by atoms with Crippen molar-refractivity contribution in [3.05, 3.63) is 0 Å². The fourth-order valence-corrected chi connectivity index (χ4v) is 4.98. The van der Waals surface area contributed by atoms with E-state index in [2.05, 4.69) is 24.1 Å². The summed E-state index contributed by atoms with van der Waals surface area (Å²) < 4.78 is 0. The number of hydrogen-bond donors (Lipinski definition) is 1. The van der Waals surface area contributed by atoms with Gasteiger partial charge in [-0.25, -0.2) is 0 Å². The van der Waals surface area contributed by atoms with Gasteiger partial charge in [-0.05, 0) is 45.4 Å². The molecule has 2 atom stereocenters. The van der Waals surface area contributed by atoms with Crippen LogP contribution in [0.25, 0.3) is 0 Å². The van der Waals surface area contributed by atoms with Gasteiger partial charge >= 0.3 is 0 Å². The van der Waals surface area contributed by atoms with Gasteiger partial charge in [-0.2, -0.15) is 10.2 Å². The quantitative estimate of drug-likeness (QED) is 0.214. The SMILES string of the molecule is CCCCCCCCCCCCC(C)(O)/N=N/C(C)C1CCCCCCCCCCC1. The molecular weight excluding hydrogens is 380 g/mol. The van der Waals surface area contributed by atoms with Gasteiger partial charge in [0.2, 0.25) is 0 Å². The topological polar surface area (TPSA) is 45.0 Å². The molecule has 0 aromatic carbocycles. The minimum Gasteiger partial charge on any atom is -0.368 e. The van der Waals surface area contributed by atoms with E-state index in [1.54, 1.807) is 0 Å². The van der Waals surface area contributed by atoms with Crippen molar-refractivity contribution >= 4 is 0 Å². The molecular formula is C28H56N2O. The summed E-state index contributed by atoms with van der Waals surface area (Å²) in [5.41, 5.74) is -0.986. The van der Waals surface area contributed by atoms with E-state index in [0.29, 0.717) is 5.92 Å². The third-order valence-corrected chi connectivity index (χ3v) is 7.29. The molecule has 3 heteroatoms.